The summed E-state index contributed by atoms with van der Waals surface area (Å²) in [4.78, 5) is 18.7. The third kappa shape index (κ3) is 4.25. The molecule has 0 spiro atoms. The summed E-state index contributed by atoms with van der Waals surface area (Å²) in [7, 11) is 0. The minimum absolute atomic E-state index is 0.883. The summed E-state index contributed by atoms with van der Waals surface area (Å²) in [6.07, 6.45) is 7.19. The smallest absolute Gasteiger partial charge is 0.144 e. The maximum atomic E-state index is 6.52. The molecule has 4 aromatic carbocycles. The predicted molar refractivity (Wildman–Crippen MR) is 182 cm³/mol. The molecule has 5 aromatic heterocycles. The molecule has 0 unspecified atom stereocenters. The summed E-state index contributed by atoms with van der Waals surface area (Å²) in [5.74, 6) is 0. The Labute approximate surface area is 258 Å². The van der Waals surface area contributed by atoms with Crippen LogP contribution in [0.15, 0.2) is 151 Å². The van der Waals surface area contributed by atoms with E-state index >= 15 is 0 Å². The molecule has 0 amide bonds. The van der Waals surface area contributed by atoms with E-state index in [2.05, 4.69) is 88.8 Å². The van der Waals surface area contributed by atoms with Gasteiger partial charge in [0.05, 0.1) is 22.6 Å². The van der Waals surface area contributed by atoms with E-state index in [1.165, 1.54) is 0 Å². The monoisotopic (exact) mass is 576 g/mol. The molecule has 0 fully saturated rings. The molecule has 9 rings (SSSR count). The molecule has 0 aliphatic rings. The summed E-state index contributed by atoms with van der Waals surface area (Å²) in [6, 6.07) is 41.7. The van der Waals surface area contributed by atoms with Crippen molar-refractivity contribution in [3.63, 3.8) is 0 Å². The second-order valence-electron chi connectivity index (χ2n) is 11.1. The molecule has 0 saturated heterocycles. The number of benzene rings is 4. The number of rotatable bonds is 4. The number of hydrogen-bond acceptors (Lipinski definition) is 5. The molecule has 0 radical (unpaired) electrons. The summed E-state index contributed by atoms with van der Waals surface area (Å²) >= 11 is 0. The highest BCUT2D eigenvalue weighted by atomic mass is 16.3. The number of pyridine rings is 4. The molecule has 5 nitrogen and oxygen atoms in total. The Morgan fingerprint density at radius 1 is 0.422 bits per heavy atom. The van der Waals surface area contributed by atoms with Crippen LogP contribution >= 0.6 is 0 Å². The molecule has 0 aliphatic carbocycles. The van der Waals surface area contributed by atoms with Crippen LogP contribution in [0.5, 0.6) is 0 Å². The van der Waals surface area contributed by atoms with Gasteiger partial charge < -0.3 is 4.42 Å². The highest BCUT2D eigenvalue weighted by molar-refractivity contribution is 6.24. The van der Waals surface area contributed by atoms with E-state index in [0.717, 1.165) is 88.5 Å². The predicted octanol–water partition coefficient (Wildman–Crippen LogP) is 10.1. The van der Waals surface area contributed by atoms with Gasteiger partial charge in [-0.05, 0) is 71.8 Å². The summed E-state index contributed by atoms with van der Waals surface area (Å²) in [5.41, 5.74) is 10.6. The first-order valence-electron chi connectivity index (χ1n) is 14.9. The van der Waals surface area contributed by atoms with Crippen molar-refractivity contribution in [1.29, 1.82) is 0 Å². The van der Waals surface area contributed by atoms with Crippen LogP contribution in [0.2, 0.25) is 0 Å². The van der Waals surface area contributed by atoms with E-state index in [4.69, 9.17) is 14.4 Å². The summed E-state index contributed by atoms with van der Waals surface area (Å²) in [6.45, 7) is 0. The highest BCUT2D eigenvalue weighted by Gasteiger charge is 2.18. The fourth-order valence-electron chi connectivity index (χ4n) is 6.32. The average molecular weight is 577 g/mol. The van der Waals surface area contributed by atoms with Crippen LogP contribution in [-0.4, -0.2) is 19.9 Å². The Hall–Kier alpha value is -6.20. The number of aromatic nitrogens is 4. The van der Waals surface area contributed by atoms with Crippen molar-refractivity contribution in [3.8, 4) is 44.9 Å². The highest BCUT2D eigenvalue weighted by Crippen LogP contribution is 2.41. The fraction of sp³-hybridized carbons (Fsp3) is 0. The van der Waals surface area contributed by atoms with Crippen LogP contribution in [0.4, 0.5) is 0 Å². The lowest BCUT2D eigenvalue weighted by molar-refractivity contribution is 0.673. The van der Waals surface area contributed by atoms with Gasteiger partial charge in [-0.3, -0.25) is 9.97 Å². The van der Waals surface area contributed by atoms with Crippen LogP contribution in [-0.2, 0) is 0 Å². The summed E-state index contributed by atoms with van der Waals surface area (Å²) in [5, 5.41) is 5.44. The van der Waals surface area contributed by atoms with Crippen molar-refractivity contribution in [3.05, 3.63) is 146 Å². The van der Waals surface area contributed by atoms with Crippen molar-refractivity contribution >= 4 is 43.6 Å². The molecule has 0 bridgehead atoms. The Morgan fingerprint density at radius 2 is 1.07 bits per heavy atom. The van der Waals surface area contributed by atoms with Crippen molar-refractivity contribution in [2.75, 3.05) is 0 Å². The molecular weight excluding hydrogens is 552 g/mol. The fourth-order valence-corrected chi connectivity index (χ4v) is 6.32. The van der Waals surface area contributed by atoms with E-state index in [1.54, 1.807) is 24.8 Å². The van der Waals surface area contributed by atoms with Crippen molar-refractivity contribution in [1.82, 2.24) is 19.9 Å². The van der Waals surface area contributed by atoms with Crippen LogP contribution in [0, 0.1) is 0 Å². The Morgan fingerprint density at radius 3 is 1.82 bits per heavy atom. The molecule has 9 aromatic rings. The molecule has 5 heteroatoms. The maximum Gasteiger partial charge on any atom is 0.144 e. The first kappa shape index (κ1) is 25.3. The molecule has 0 N–H and O–H groups in total. The lowest BCUT2D eigenvalue weighted by atomic mass is 9.95. The first-order chi connectivity index (χ1) is 22.3. The summed E-state index contributed by atoms with van der Waals surface area (Å²) < 4.78 is 6.52. The van der Waals surface area contributed by atoms with Gasteiger partial charge in [-0.1, -0.05) is 60.7 Å². The normalized spacial score (nSPS) is 11.6. The number of hydrogen-bond donors (Lipinski definition) is 0. The lowest BCUT2D eigenvalue weighted by Gasteiger charge is -2.13. The Bertz CT molecular complexity index is 2480. The first-order valence-corrected chi connectivity index (χ1v) is 14.9. The van der Waals surface area contributed by atoms with Gasteiger partial charge in [0.15, 0.2) is 0 Å². The van der Waals surface area contributed by atoms with Gasteiger partial charge >= 0.3 is 0 Å². The van der Waals surface area contributed by atoms with Crippen LogP contribution in [0.1, 0.15) is 0 Å². The number of furan rings is 1. The van der Waals surface area contributed by atoms with Crippen molar-refractivity contribution < 1.29 is 4.42 Å². The average Bonchev–Trinajstić information content (AvgIpc) is 3.51. The van der Waals surface area contributed by atoms with E-state index in [1.807, 2.05) is 42.5 Å². The zero-order valence-corrected chi connectivity index (χ0v) is 24.1. The molecule has 210 valence electrons. The standard InChI is InChI=1S/C40H24N4O/c1-3-10-34-32(9-1)38-33(13-12-31-30-8-2-4-11-37(30)45-40(31)38)39(44-34)28-7-5-6-27(22-28)29-23-35(25-14-18-41-19-15-25)43-36(24-29)26-16-20-42-21-17-26/h1-24H. The van der Waals surface area contributed by atoms with Crippen molar-refractivity contribution in [2.24, 2.45) is 0 Å². The quantitative estimate of drug-likeness (QED) is 0.195. The molecule has 45 heavy (non-hydrogen) atoms. The number of fused-ring (bicyclic) bond motifs is 7. The maximum absolute atomic E-state index is 6.52. The lowest BCUT2D eigenvalue weighted by Crippen LogP contribution is -1.93. The third-order valence-corrected chi connectivity index (χ3v) is 8.45. The van der Waals surface area contributed by atoms with Gasteiger partial charge in [0.2, 0.25) is 0 Å². The van der Waals surface area contributed by atoms with E-state index < -0.39 is 0 Å². The number of para-hydroxylation sites is 2. The van der Waals surface area contributed by atoms with Crippen LogP contribution < -0.4 is 0 Å². The minimum atomic E-state index is 0.883. The second-order valence-corrected chi connectivity index (χ2v) is 11.1. The van der Waals surface area contributed by atoms with Gasteiger partial charge in [-0.15, -0.1) is 0 Å². The number of nitrogens with zero attached hydrogens (tertiary/aromatic N) is 4. The van der Waals surface area contributed by atoms with Gasteiger partial charge in [0, 0.05) is 68.4 Å². The third-order valence-electron chi connectivity index (χ3n) is 8.45. The minimum Gasteiger partial charge on any atom is -0.455 e. The Balaban J connectivity index is 1.27. The zero-order valence-electron chi connectivity index (χ0n) is 24.1. The Kier molecular flexibility index (Phi) is 5.74. The van der Waals surface area contributed by atoms with E-state index in [0.29, 0.717) is 0 Å². The van der Waals surface area contributed by atoms with Crippen LogP contribution in [0.25, 0.3) is 88.5 Å². The molecule has 0 atom stereocenters. The van der Waals surface area contributed by atoms with Crippen molar-refractivity contribution in [2.45, 2.75) is 0 Å². The SMILES string of the molecule is c1cc(-c2cc(-c3ccncc3)nc(-c3ccncc3)c2)cc(-c2nc3ccccc3c3c2ccc2c4ccccc4oc23)c1. The van der Waals surface area contributed by atoms with E-state index in [-0.39, 0.29) is 0 Å². The van der Waals surface area contributed by atoms with Gasteiger partial charge in [0.25, 0.3) is 0 Å². The molecular formula is C40H24N4O. The van der Waals surface area contributed by atoms with Crippen LogP contribution in [0.3, 0.4) is 0 Å². The van der Waals surface area contributed by atoms with Gasteiger partial charge in [-0.2, -0.15) is 0 Å². The topological polar surface area (TPSA) is 64.7 Å². The molecule has 0 aliphatic heterocycles. The van der Waals surface area contributed by atoms with Gasteiger partial charge in [0.1, 0.15) is 11.2 Å². The van der Waals surface area contributed by atoms with E-state index in [9.17, 15) is 0 Å². The van der Waals surface area contributed by atoms with Gasteiger partial charge in [-0.25, -0.2) is 9.97 Å². The largest absolute Gasteiger partial charge is 0.455 e. The zero-order chi connectivity index (χ0) is 29.7. The molecule has 0 saturated carbocycles. The second kappa shape index (κ2) is 10.2. The molecule has 5 heterocycles.